The molecule has 0 radical (unpaired) electrons. The number of esters is 2. The van der Waals surface area contributed by atoms with Gasteiger partial charge in [0.25, 0.3) is 0 Å². The average molecular weight is 258 g/mol. The molecule has 0 unspecified atom stereocenters. The zero-order valence-electron chi connectivity index (χ0n) is 11.8. The lowest BCUT2D eigenvalue weighted by Gasteiger charge is -2.01. The molecule has 0 aromatic heterocycles. The lowest BCUT2D eigenvalue weighted by atomic mass is 10.6. The van der Waals surface area contributed by atoms with E-state index in [0.717, 1.165) is 0 Å². The maximum Gasteiger partial charge on any atom is 0.383 e. The summed E-state index contributed by atoms with van der Waals surface area (Å²) in [5.74, 6) is 0.794. The van der Waals surface area contributed by atoms with Crippen LogP contribution in [0.5, 0.6) is 0 Å². The van der Waals surface area contributed by atoms with Crippen molar-refractivity contribution in [2.75, 3.05) is 42.4 Å². The summed E-state index contributed by atoms with van der Waals surface area (Å²) in [4.78, 5) is 21.9. The Hall–Kier alpha value is -2.00. The zero-order valence-corrected chi connectivity index (χ0v) is 11.8. The van der Waals surface area contributed by atoms with Crippen LogP contribution in [-0.2, 0) is 19.1 Å². The summed E-state index contributed by atoms with van der Waals surface area (Å²) in [5.41, 5.74) is 0. The van der Waals surface area contributed by atoms with Crippen molar-refractivity contribution in [2.24, 2.45) is 0 Å². The van der Waals surface area contributed by atoms with Crippen LogP contribution in [0, 0.1) is 12.3 Å². The molecule has 0 aromatic rings. The van der Waals surface area contributed by atoms with Crippen LogP contribution >= 0.6 is 0 Å². The summed E-state index contributed by atoms with van der Waals surface area (Å²) in [6.45, 7) is 0. The van der Waals surface area contributed by atoms with Gasteiger partial charge >= 0.3 is 11.9 Å². The second-order valence-corrected chi connectivity index (χ2v) is 2.94. The van der Waals surface area contributed by atoms with Crippen molar-refractivity contribution < 1.29 is 19.1 Å². The largest absolute Gasteiger partial charge is 0.466 e. The fourth-order valence-electron chi connectivity index (χ4n) is 0.337. The average Bonchev–Trinajstić information content (AvgIpc) is 2.36. The molecule has 0 amide bonds. The quantitative estimate of drug-likeness (QED) is 0.322. The lowest BCUT2D eigenvalue weighted by molar-refractivity contribution is -0.135. The summed E-state index contributed by atoms with van der Waals surface area (Å²) < 4.78 is 8.37. The van der Waals surface area contributed by atoms with E-state index in [1.54, 1.807) is 17.0 Å². The maximum atomic E-state index is 10.4. The Morgan fingerprint density at radius 3 is 1.83 bits per heavy atom. The molecule has 0 rings (SSSR count). The van der Waals surface area contributed by atoms with Crippen LogP contribution in [-0.4, -0.2) is 59.2 Å². The van der Waals surface area contributed by atoms with E-state index < -0.39 is 5.97 Å². The van der Waals surface area contributed by atoms with Gasteiger partial charge in [0.15, 0.2) is 0 Å². The number of rotatable bonds is 2. The van der Waals surface area contributed by atoms with Gasteiger partial charge in [-0.25, -0.2) is 9.59 Å². The maximum absolute atomic E-state index is 10.4. The van der Waals surface area contributed by atoms with E-state index in [0.29, 0.717) is 0 Å². The first-order valence-corrected chi connectivity index (χ1v) is 4.95. The van der Waals surface area contributed by atoms with Gasteiger partial charge in [0.2, 0.25) is 0 Å². The Balaban J connectivity index is -0.000000216. The van der Waals surface area contributed by atoms with Crippen LogP contribution in [0.15, 0.2) is 12.3 Å². The van der Waals surface area contributed by atoms with Gasteiger partial charge in [0.1, 0.15) is 0 Å². The van der Waals surface area contributed by atoms with Crippen molar-refractivity contribution in [2.45, 2.75) is 0 Å². The van der Waals surface area contributed by atoms with E-state index >= 15 is 0 Å². The molecule has 0 bridgehead atoms. The number of nitrogens with one attached hydrogen (secondary N) is 1. The molecule has 0 atom stereocenters. The van der Waals surface area contributed by atoms with Gasteiger partial charge in [0, 0.05) is 32.3 Å². The Morgan fingerprint density at radius 1 is 1.22 bits per heavy atom. The summed E-state index contributed by atoms with van der Waals surface area (Å²) >= 11 is 0. The van der Waals surface area contributed by atoms with Gasteiger partial charge in [-0.15, -0.1) is 6.42 Å². The van der Waals surface area contributed by atoms with Crippen LogP contribution < -0.4 is 5.32 Å². The highest BCUT2D eigenvalue weighted by molar-refractivity contribution is 5.87. The minimum atomic E-state index is -0.630. The molecule has 0 saturated carbocycles. The Kier molecular flexibility index (Phi) is 20.6. The molecule has 0 saturated heterocycles. The molecular weight excluding hydrogens is 236 g/mol. The van der Waals surface area contributed by atoms with E-state index in [9.17, 15) is 9.59 Å². The second-order valence-electron chi connectivity index (χ2n) is 2.94. The predicted molar refractivity (Wildman–Crippen MR) is 70.7 cm³/mol. The Morgan fingerprint density at radius 2 is 1.67 bits per heavy atom. The van der Waals surface area contributed by atoms with Gasteiger partial charge in [-0.2, -0.15) is 0 Å². The van der Waals surface area contributed by atoms with Crippen molar-refractivity contribution in [3.05, 3.63) is 12.3 Å². The molecule has 1 N–H and O–H groups in total. The van der Waals surface area contributed by atoms with Gasteiger partial charge in [-0.05, 0) is 14.1 Å². The molecule has 18 heavy (non-hydrogen) atoms. The van der Waals surface area contributed by atoms with E-state index in [-0.39, 0.29) is 5.97 Å². The number of hydrogen-bond acceptors (Lipinski definition) is 6. The highest BCUT2D eigenvalue weighted by atomic mass is 16.5. The van der Waals surface area contributed by atoms with Crippen LogP contribution in [0.3, 0.4) is 0 Å². The molecule has 104 valence electrons. The fraction of sp³-hybridized carbons (Fsp3) is 0.500. The number of methoxy groups -OCH3 is 2. The minimum absolute atomic E-state index is 0.330. The number of hydrogen-bond donors (Lipinski definition) is 1. The van der Waals surface area contributed by atoms with Crippen LogP contribution in [0.4, 0.5) is 0 Å². The third kappa shape index (κ3) is 29.2. The third-order valence-corrected chi connectivity index (χ3v) is 1.01. The molecule has 0 aromatic carbocycles. The monoisotopic (exact) mass is 258 g/mol. The van der Waals surface area contributed by atoms with E-state index in [1.807, 2.05) is 28.2 Å². The van der Waals surface area contributed by atoms with Crippen molar-refractivity contribution in [3.8, 4) is 12.3 Å². The first-order chi connectivity index (χ1) is 8.39. The Labute approximate surface area is 109 Å². The number of carbonyl (C=O) groups excluding carboxylic acids is 2. The van der Waals surface area contributed by atoms with Crippen LogP contribution in [0.2, 0.25) is 0 Å². The van der Waals surface area contributed by atoms with Crippen LogP contribution in [0.25, 0.3) is 0 Å². The van der Waals surface area contributed by atoms with Gasteiger partial charge in [-0.3, -0.25) is 0 Å². The van der Waals surface area contributed by atoms with E-state index in [4.69, 9.17) is 0 Å². The van der Waals surface area contributed by atoms with Crippen molar-refractivity contribution in [3.63, 3.8) is 0 Å². The van der Waals surface area contributed by atoms with Gasteiger partial charge in [0.05, 0.1) is 14.2 Å². The van der Waals surface area contributed by atoms with Gasteiger partial charge < -0.3 is 19.7 Å². The summed E-state index contributed by atoms with van der Waals surface area (Å²) in [7, 11) is 10.0. The number of terminal acetylenes is 1. The topological polar surface area (TPSA) is 67.9 Å². The first-order valence-electron chi connectivity index (χ1n) is 4.95. The lowest BCUT2D eigenvalue weighted by Crippen LogP contribution is -2.03. The molecule has 0 heterocycles. The first kappa shape index (κ1) is 21.3. The number of nitrogens with zero attached hydrogens (tertiary/aromatic N) is 1. The number of ether oxygens (including phenoxy) is 2. The molecule has 0 spiro atoms. The molecule has 0 aliphatic heterocycles. The van der Waals surface area contributed by atoms with Crippen molar-refractivity contribution >= 4 is 11.9 Å². The molecule has 6 heteroatoms. The second kappa shape index (κ2) is 17.4. The molecule has 0 fully saturated rings. The molecular formula is C12H22N2O4. The number of carbonyl (C=O) groups is 2. The zero-order chi connectivity index (χ0) is 15.0. The van der Waals surface area contributed by atoms with Gasteiger partial charge in [-0.1, -0.05) is 0 Å². The predicted octanol–water partition coefficient (Wildman–Crippen LogP) is -0.137. The molecule has 0 aliphatic rings. The molecule has 0 aliphatic carbocycles. The Bertz CT molecular complexity index is 280. The van der Waals surface area contributed by atoms with E-state index in [2.05, 4.69) is 21.2 Å². The highest BCUT2D eigenvalue weighted by Gasteiger charge is 1.88. The third-order valence-electron chi connectivity index (χ3n) is 1.01. The summed E-state index contributed by atoms with van der Waals surface area (Å²) in [6, 6.07) is 0. The SMILES string of the molecule is C#CC(=O)OC.CNC.COC(=O)/C=C/N(C)C. The van der Waals surface area contributed by atoms with Crippen molar-refractivity contribution in [1.29, 1.82) is 0 Å². The minimum Gasteiger partial charge on any atom is -0.466 e. The van der Waals surface area contributed by atoms with E-state index in [1.165, 1.54) is 20.3 Å². The highest BCUT2D eigenvalue weighted by Crippen LogP contribution is 1.79. The normalized spacial score (nSPS) is 7.83. The standard InChI is InChI=1S/C6H11NO2.C4H4O2.C2H7N/c1-7(2)5-4-6(8)9-3;1-3-4(5)6-2;1-3-2/h4-5H,1-3H3;1H,2H3;3H,1-2H3/b5-4+;;. The fourth-order valence-corrected chi connectivity index (χ4v) is 0.337. The molecule has 6 nitrogen and oxygen atoms in total. The van der Waals surface area contributed by atoms with Crippen LogP contribution in [0.1, 0.15) is 0 Å². The summed E-state index contributed by atoms with van der Waals surface area (Å²) in [5, 5.41) is 2.75. The van der Waals surface area contributed by atoms with Crippen molar-refractivity contribution in [1.82, 2.24) is 10.2 Å². The smallest absolute Gasteiger partial charge is 0.383 e. The summed E-state index contributed by atoms with van der Waals surface area (Å²) in [6.07, 6.45) is 7.55.